The fraction of sp³-hybridized carbons (Fsp3) is 1.00. The van der Waals surface area contributed by atoms with Crippen LogP contribution in [0.25, 0.3) is 0 Å². The van der Waals surface area contributed by atoms with Gasteiger partial charge >= 0.3 is 0 Å². The van der Waals surface area contributed by atoms with E-state index >= 15 is 0 Å². The quantitative estimate of drug-likeness (QED) is 0.775. The summed E-state index contributed by atoms with van der Waals surface area (Å²) in [5, 5.41) is 3.55. The molecule has 0 aromatic rings. The van der Waals surface area contributed by atoms with Gasteiger partial charge in [0.25, 0.3) is 0 Å². The Balaban J connectivity index is 1.67. The lowest BCUT2D eigenvalue weighted by atomic mass is 9.88. The van der Waals surface area contributed by atoms with Gasteiger partial charge in [0.05, 0.1) is 12.7 Å². The van der Waals surface area contributed by atoms with Crippen LogP contribution in [-0.2, 0) is 4.74 Å². The average molecular weight is 211 g/mol. The molecule has 1 N–H and O–H groups in total. The van der Waals surface area contributed by atoms with Crippen LogP contribution in [0.15, 0.2) is 0 Å². The molecule has 2 fully saturated rings. The van der Waals surface area contributed by atoms with Crippen molar-refractivity contribution >= 4 is 0 Å². The van der Waals surface area contributed by atoms with Gasteiger partial charge in [0.1, 0.15) is 0 Å². The van der Waals surface area contributed by atoms with Gasteiger partial charge in [-0.1, -0.05) is 26.2 Å². The number of hydrogen-bond acceptors (Lipinski definition) is 2. The summed E-state index contributed by atoms with van der Waals surface area (Å²) < 4.78 is 6.07. The molecular formula is C13H25NO. The van der Waals surface area contributed by atoms with Crippen LogP contribution in [0.2, 0.25) is 0 Å². The number of nitrogens with one attached hydrogen (secondary N) is 1. The molecule has 2 rings (SSSR count). The number of hydrogen-bond donors (Lipinski definition) is 1. The van der Waals surface area contributed by atoms with Gasteiger partial charge in [-0.25, -0.2) is 0 Å². The van der Waals surface area contributed by atoms with Crippen LogP contribution in [0, 0.1) is 5.92 Å². The van der Waals surface area contributed by atoms with Crippen LogP contribution in [0.3, 0.4) is 0 Å². The minimum Gasteiger partial charge on any atom is -0.376 e. The van der Waals surface area contributed by atoms with Gasteiger partial charge < -0.3 is 10.1 Å². The van der Waals surface area contributed by atoms with E-state index in [0.29, 0.717) is 12.1 Å². The SMILES string of the molecule is CC1CCCCC1OCC1CCCCN1. The summed E-state index contributed by atoms with van der Waals surface area (Å²) in [5.41, 5.74) is 0. The van der Waals surface area contributed by atoms with E-state index in [4.69, 9.17) is 4.74 Å². The van der Waals surface area contributed by atoms with Crippen molar-refractivity contribution in [3.63, 3.8) is 0 Å². The van der Waals surface area contributed by atoms with Crippen molar-refractivity contribution in [3.8, 4) is 0 Å². The van der Waals surface area contributed by atoms with E-state index in [-0.39, 0.29) is 0 Å². The minimum absolute atomic E-state index is 0.544. The second-order valence-electron chi connectivity index (χ2n) is 5.28. The lowest BCUT2D eigenvalue weighted by Gasteiger charge is -2.31. The van der Waals surface area contributed by atoms with Crippen molar-refractivity contribution < 1.29 is 4.74 Å². The predicted octanol–water partition coefficient (Wildman–Crippen LogP) is 2.72. The number of rotatable bonds is 3. The third-order valence-corrected chi connectivity index (χ3v) is 3.96. The monoisotopic (exact) mass is 211 g/mol. The van der Waals surface area contributed by atoms with E-state index in [0.717, 1.165) is 12.5 Å². The highest BCUT2D eigenvalue weighted by Gasteiger charge is 2.23. The Hall–Kier alpha value is -0.0800. The van der Waals surface area contributed by atoms with Gasteiger partial charge in [0.15, 0.2) is 0 Å². The van der Waals surface area contributed by atoms with E-state index in [1.165, 1.54) is 51.5 Å². The smallest absolute Gasteiger partial charge is 0.0623 e. The Morgan fingerprint density at radius 2 is 1.87 bits per heavy atom. The van der Waals surface area contributed by atoms with E-state index in [1.54, 1.807) is 0 Å². The molecule has 3 atom stereocenters. The summed E-state index contributed by atoms with van der Waals surface area (Å²) in [5.74, 6) is 0.780. The number of piperidine rings is 1. The van der Waals surface area contributed by atoms with Gasteiger partial charge in [0, 0.05) is 6.04 Å². The molecule has 1 aliphatic carbocycles. The van der Waals surface area contributed by atoms with Crippen LogP contribution in [0.4, 0.5) is 0 Å². The molecule has 2 nitrogen and oxygen atoms in total. The zero-order chi connectivity index (χ0) is 10.5. The molecule has 2 aliphatic rings. The third kappa shape index (κ3) is 3.46. The first-order chi connectivity index (χ1) is 7.36. The molecule has 1 saturated heterocycles. The number of ether oxygens (including phenoxy) is 1. The predicted molar refractivity (Wildman–Crippen MR) is 63.0 cm³/mol. The Kier molecular flexibility index (Phi) is 4.45. The summed E-state index contributed by atoms with van der Waals surface area (Å²) in [6.07, 6.45) is 9.99. The fourth-order valence-electron chi connectivity index (χ4n) is 2.84. The van der Waals surface area contributed by atoms with Crippen LogP contribution in [-0.4, -0.2) is 25.3 Å². The van der Waals surface area contributed by atoms with Gasteiger partial charge in [-0.2, -0.15) is 0 Å². The maximum absolute atomic E-state index is 6.07. The van der Waals surface area contributed by atoms with E-state index in [9.17, 15) is 0 Å². The molecule has 15 heavy (non-hydrogen) atoms. The molecule has 1 aliphatic heterocycles. The molecule has 0 amide bonds. The van der Waals surface area contributed by atoms with Gasteiger partial charge in [-0.3, -0.25) is 0 Å². The molecule has 0 aromatic heterocycles. The average Bonchev–Trinajstić information content (AvgIpc) is 2.29. The van der Waals surface area contributed by atoms with Crippen LogP contribution in [0.5, 0.6) is 0 Å². The highest BCUT2D eigenvalue weighted by molar-refractivity contribution is 4.76. The Morgan fingerprint density at radius 1 is 1.07 bits per heavy atom. The molecule has 3 unspecified atom stereocenters. The van der Waals surface area contributed by atoms with Crippen LogP contribution >= 0.6 is 0 Å². The summed E-state index contributed by atoms with van der Waals surface area (Å²) in [6, 6.07) is 0.632. The second-order valence-corrected chi connectivity index (χ2v) is 5.28. The highest BCUT2D eigenvalue weighted by atomic mass is 16.5. The maximum atomic E-state index is 6.07. The standard InChI is InChI=1S/C13H25NO/c1-11-6-2-3-8-13(11)15-10-12-7-4-5-9-14-12/h11-14H,2-10H2,1H3. The van der Waals surface area contributed by atoms with E-state index in [2.05, 4.69) is 12.2 Å². The summed E-state index contributed by atoms with van der Waals surface area (Å²) in [7, 11) is 0. The van der Waals surface area contributed by atoms with Gasteiger partial charge in [0.2, 0.25) is 0 Å². The van der Waals surface area contributed by atoms with E-state index < -0.39 is 0 Å². The molecule has 2 heteroatoms. The second kappa shape index (κ2) is 5.86. The fourth-order valence-corrected chi connectivity index (χ4v) is 2.84. The lowest BCUT2D eigenvalue weighted by molar-refractivity contribution is -0.0176. The Morgan fingerprint density at radius 3 is 2.60 bits per heavy atom. The first-order valence-corrected chi connectivity index (χ1v) is 6.71. The molecule has 0 radical (unpaired) electrons. The van der Waals surface area contributed by atoms with Crippen molar-refractivity contribution in [1.29, 1.82) is 0 Å². The normalized spacial score (nSPS) is 37.8. The largest absolute Gasteiger partial charge is 0.376 e. The van der Waals surface area contributed by atoms with Crippen molar-refractivity contribution in [2.75, 3.05) is 13.2 Å². The van der Waals surface area contributed by atoms with Crippen molar-refractivity contribution in [3.05, 3.63) is 0 Å². The third-order valence-electron chi connectivity index (χ3n) is 3.96. The first-order valence-electron chi connectivity index (χ1n) is 6.71. The molecule has 0 spiro atoms. The van der Waals surface area contributed by atoms with E-state index in [1.807, 2.05) is 0 Å². The maximum Gasteiger partial charge on any atom is 0.0623 e. The lowest BCUT2D eigenvalue weighted by Crippen LogP contribution is -2.39. The molecular weight excluding hydrogens is 186 g/mol. The Bertz CT molecular complexity index is 177. The molecule has 0 bridgehead atoms. The topological polar surface area (TPSA) is 21.3 Å². The van der Waals surface area contributed by atoms with Crippen molar-refractivity contribution in [1.82, 2.24) is 5.32 Å². The minimum atomic E-state index is 0.544. The Labute approximate surface area is 93.8 Å². The summed E-state index contributed by atoms with van der Waals surface area (Å²) in [4.78, 5) is 0. The summed E-state index contributed by atoms with van der Waals surface area (Å²) in [6.45, 7) is 4.47. The molecule has 0 aromatic carbocycles. The van der Waals surface area contributed by atoms with Crippen molar-refractivity contribution in [2.45, 2.75) is 64.0 Å². The molecule has 88 valence electrons. The zero-order valence-corrected chi connectivity index (χ0v) is 10.0. The highest BCUT2D eigenvalue weighted by Crippen LogP contribution is 2.26. The first kappa shape index (κ1) is 11.4. The summed E-state index contributed by atoms with van der Waals surface area (Å²) >= 11 is 0. The zero-order valence-electron chi connectivity index (χ0n) is 10.0. The molecule has 1 saturated carbocycles. The van der Waals surface area contributed by atoms with Crippen LogP contribution < -0.4 is 5.32 Å². The van der Waals surface area contributed by atoms with Crippen molar-refractivity contribution in [2.24, 2.45) is 5.92 Å². The van der Waals surface area contributed by atoms with Crippen LogP contribution in [0.1, 0.15) is 51.9 Å². The molecule has 1 heterocycles. The van der Waals surface area contributed by atoms with Gasteiger partial charge in [-0.15, -0.1) is 0 Å². The van der Waals surface area contributed by atoms with Gasteiger partial charge in [-0.05, 0) is 38.1 Å².